The van der Waals surface area contributed by atoms with Crippen molar-refractivity contribution in [1.29, 1.82) is 0 Å². The molecule has 5 nitrogen and oxygen atoms in total. The van der Waals surface area contributed by atoms with E-state index in [0.29, 0.717) is 35.1 Å². The van der Waals surface area contributed by atoms with Crippen LogP contribution in [0.15, 0.2) is 23.4 Å². The molecular weight excluding hydrogens is 327 g/mol. The molecule has 0 aliphatic carbocycles. The van der Waals surface area contributed by atoms with Gasteiger partial charge in [-0.2, -0.15) is 0 Å². The van der Waals surface area contributed by atoms with E-state index < -0.39 is 5.92 Å². The summed E-state index contributed by atoms with van der Waals surface area (Å²) >= 11 is 11.9. The average Bonchev–Trinajstić information content (AvgIpc) is 2.49. The van der Waals surface area contributed by atoms with E-state index in [1.165, 1.54) is 0 Å². The minimum Gasteiger partial charge on any atom is -0.395 e. The summed E-state index contributed by atoms with van der Waals surface area (Å²) in [4.78, 5) is 16.8. The molecule has 2 N–H and O–H groups in total. The maximum Gasteiger partial charge on any atom is 0.225 e. The molecule has 1 amide bonds. The number of aliphatic hydroxyl groups is 1. The number of rotatable bonds is 7. The Morgan fingerprint density at radius 2 is 2.09 bits per heavy atom. The second kappa shape index (κ2) is 9.66. The highest BCUT2D eigenvalue weighted by atomic mass is 35.5. The lowest BCUT2D eigenvalue weighted by Crippen LogP contribution is -2.36. The number of hydrogen-bond donors (Lipinski definition) is 2. The van der Waals surface area contributed by atoms with E-state index in [0.717, 1.165) is 0 Å². The van der Waals surface area contributed by atoms with E-state index in [1.54, 1.807) is 25.1 Å². The van der Waals surface area contributed by atoms with Gasteiger partial charge in [0.25, 0.3) is 0 Å². The third-order valence-corrected chi connectivity index (χ3v) is 3.63. The maximum atomic E-state index is 11.8. The molecule has 0 spiro atoms. The predicted octanol–water partition coefficient (Wildman–Crippen LogP) is 3.34. The SMILES string of the molecule is CCCC(=O)N/C(=N/OCC)C(CO)c1ccc(Cl)c(Cl)c1. The van der Waals surface area contributed by atoms with Gasteiger partial charge in [0.2, 0.25) is 5.91 Å². The minimum absolute atomic E-state index is 0.181. The van der Waals surface area contributed by atoms with E-state index in [9.17, 15) is 9.90 Å². The first-order chi connectivity index (χ1) is 10.5. The summed E-state index contributed by atoms with van der Waals surface area (Å²) < 4.78 is 0. The van der Waals surface area contributed by atoms with Crippen LogP contribution in [0.3, 0.4) is 0 Å². The molecule has 0 aromatic heterocycles. The van der Waals surface area contributed by atoms with Crippen LogP contribution in [0.4, 0.5) is 0 Å². The van der Waals surface area contributed by atoms with E-state index in [-0.39, 0.29) is 18.3 Å². The fourth-order valence-electron chi connectivity index (χ4n) is 1.82. The Kier molecular flexibility index (Phi) is 8.24. The molecule has 1 aromatic rings. The number of halogens is 2. The Bertz CT molecular complexity index is 536. The molecule has 0 fully saturated rings. The van der Waals surface area contributed by atoms with E-state index in [2.05, 4.69) is 10.5 Å². The van der Waals surface area contributed by atoms with Crippen LogP contribution in [-0.4, -0.2) is 30.1 Å². The van der Waals surface area contributed by atoms with Gasteiger partial charge in [-0.15, -0.1) is 0 Å². The standard InChI is InChI=1S/C15H20Cl2N2O3/c1-3-5-14(21)18-15(19-22-4-2)11(9-20)10-6-7-12(16)13(17)8-10/h6-8,11,20H,3-5,9H2,1-2H3,(H,18,19,21). The summed E-state index contributed by atoms with van der Waals surface area (Å²) in [6, 6.07) is 4.99. The fourth-order valence-corrected chi connectivity index (χ4v) is 2.13. The zero-order valence-electron chi connectivity index (χ0n) is 12.6. The van der Waals surface area contributed by atoms with Crippen molar-refractivity contribution in [2.24, 2.45) is 5.16 Å². The highest BCUT2D eigenvalue weighted by Crippen LogP contribution is 2.27. The van der Waals surface area contributed by atoms with Crippen LogP contribution >= 0.6 is 23.2 Å². The number of nitrogens with zero attached hydrogens (tertiary/aromatic N) is 1. The zero-order chi connectivity index (χ0) is 16.5. The van der Waals surface area contributed by atoms with E-state index in [1.807, 2.05) is 6.92 Å². The van der Waals surface area contributed by atoms with Crippen molar-refractivity contribution >= 4 is 34.9 Å². The van der Waals surface area contributed by atoms with Crippen molar-refractivity contribution in [2.45, 2.75) is 32.6 Å². The quantitative estimate of drug-likeness (QED) is 0.451. The molecule has 1 aromatic carbocycles. The first kappa shape index (κ1) is 18.7. The molecule has 0 aliphatic heterocycles. The van der Waals surface area contributed by atoms with Crippen LogP contribution in [0.25, 0.3) is 0 Å². The molecule has 0 saturated carbocycles. The Balaban J connectivity index is 3.06. The van der Waals surface area contributed by atoms with Crippen LogP contribution in [0, 0.1) is 0 Å². The lowest BCUT2D eigenvalue weighted by molar-refractivity contribution is -0.119. The molecule has 22 heavy (non-hydrogen) atoms. The Morgan fingerprint density at radius 1 is 1.36 bits per heavy atom. The molecule has 0 heterocycles. The number of nitrogens with one attached hydrogen (secondary N) is 1. The van der Waals surface area contributed by atoms with Crippen molar-refractivity contribution in [3.63, 3.8) is 0 Å². The first-order valence-corrected chi connectivity index (χ1v) is 7.84. The van der Waals surface area contributed by atoms with Gasteiger partial charge >= 0.3 is 0 Å². The number of oxime groups is 1. The van der Waals surface area contributed by atoms with Crippen molar-refractivity contribution < 1.29 is 14.7 Å². The first-order valence-electron chi connectivity index (χ1n) is 7.08. The van der Waals surface area contributed by atoms with Crippen LogP contribution in [-0.2, 0) is 9.63 Å². The number of amidine groups is 1. The van der Waals surface area contributed by atoms with Gasteiger partial charge < -0.3 is 15.3 Å². The summed E-state index contributed by atoms with van der Waals surface area (Å²) in [5.41, 5.74) is 0.687. The van der Waals surface area contributed by atoms with Crippen molar-refractivity contribution in [2.75, 3.05) is 13.2 Å². The lowest BCUT2D eigenvalue weighted by Gasteiger charge is -2.18. The van der Waals surface area contributed by atoms with Crippen molar-refractivity contribution in [1.82, 2.24) is 5.32 Å². The monoisotopic (exact) mass is 346 g/mol. The summed E-state index contributed by atoms with van der Waals surface area (Å²) in [6.07, 6.45) is 1.08. The second-order valence-electron chi connectivity index (χ2n) is 4.60. The topological polar surface area (TPSA) is 70.9 Å². The summed E-state index contributed by atoms with van der Waals surface area (Å²) in [5.74, 6) is -0.484. The molecule has 0 aliphatic rings. The van der Waals surface area contributed by atoms with Gasteiger partial charge in [-0.05, 0) is 31.0 Å². The fraction of sp³-hybridized carbons (Fsp3) is 0.467. The molecular formula is C15H20Cl2N2O3. The van der Waals surface area contributed by atoms with Gasteiger partial charge in [0, 0.05) is 6.42 Å². The minimum atomic E-state index is -0.554. The van der Waals surface area contributed by atoms with E-state index >= 15 is 0 Å². The van der Waals surface area contributed by atoms with Crippen LogP contribution in [0.1, 0.15) is 38.2 Å². The Hall–Kier alpha value is -1.30. The Labute approximate surface area is 140 Å². The van der Waals surface area contributed by atoms with Gasteiger partial charge in [-0.25, -0.2) is 0 Å². The smallest absolute Gasteiger partial charge is 0.225 e. The molecule has 1 unspecified atom stereocenters. The number of hydrogen-bond acceptors (Lipinski definition) is 4. The molecule has 0 bridgehead atoms. The number of aliphatic hydroxyl groups excluding tert-OH is 1. The molecule has 0 radical (unpaired) electrons. The van der Waals surface area contributed by atoms with Crippen LogP contribution in [0.5, 0.6) is 0 Å². The number of carbonyl (C=O) groups is 1. The van der Waals surface area contributed by atoms with Gasteiger partial charge in [0.1, 0.15) is 6.61 Å². The molecule has 1 atom stereocenters. The second-order valence-corrected chi connectivity index (χ2v) is 5.42. The summed E-state index contributed by atoms with van der Waals surface area (Å²) in [5, 5.41) is 17.1. The van der Waals surface area contributed by atoms with Crippen molar-refractivity contribution in [3.8, 4) is 0 Å². The van der Waals surface area contributed by atoms with Gasteiger partial charge in [-0.3, -0.25) is 4.79 Å². The molecule has 7 heteroatoms. The van der Waals surface area contributed by atoms with Crippen LogP contribution < -0.4 is 5.32 Å². The zero-order valence-corrected chi connectivity index (χ0v) is 14.1. The molecule has 122 valence electrons. The normalized spacial score (nSPS) is 12.9. The van der Waals surface area contributed by atoms with Crippen LogP contribution in [0.2, 0.25) is 10.0 Å². The highest BCUT2D eigenvalue weighted by Gasteiger charge is 2.21. The lowest BCUT2D eigenvalue weighted by atomic mass is 9.98. The molecule has 0 saturated heterocycles. The number of carbonyl (C=O) groups excluding carboxylic acids is 1. The summed E-state index contributed by atoms with van der Waals surface area (Å²) in [6.45, 7) is 3.78. The highest BCUT2D eigenvalue weighted by molar-refractivity contribution is 6.42. The van der Waals surface area contributed by atoms with E-state index in [4.69, 9.17) is 28.0 Å². The Morgan fingerprint density at radius 3 is 2.64 bits per heavy atom. The predicted molar refractivity (Wildman–Crippen MR) is 88.4 cm³/mol. The average molecular weight is 347 g/mol. The third-order valence-electron chi connectivity index (χ3n) is 2.90. The van der Waals surface area contributed by atoms with Gasteiger partial charge in [-0.1, -0.05) is 41.3 Å². The maximum absolute atomic E-state index is 11.8. The van der Waals surface area contributed by atoms with Gasteiger partial charge in [0.15, 0.2) is 5.84 Å². The number of amides is 1. The summed E-state index contributed by atoms with van der Waals surface area (Å²) in [7, 11) is 0. The molecule has 1 rings (SSSR count). The third kappa shape index (κ3) is 5.48. The van der Waals surface area contributed by atoms with Gasteiger partial charge in [0.05, 0.1) is 22.6 Å². The number of benzene rings is 1. The van der Waals surface area contributed by atoms with Crippen molar-refractivity contribution in [3.05, 3.63) is 33.8 Å². The largest absolute Gasteiger partial charge is 0.395 e.